The Bertz CT molecular complexity index is 713. The number of rotatable bonds is 4. The molecule has 1 aromatic carbocycles. The number of nitrogens with zero attached hydrogens (tertiary/aromatic N) is 2. The number of hydrogen-bond acceptors (Lipinski definition) is 3. The first-order valence-corrected chi connectivity index (χ1v) is 7.29. The van der Waals surface area contributed by atoms with Gasteiger partial charge in [0.25, 0.3) is 5.56 Å². The molecule has 0 spiro atoms. The van der Waals surface area contributed by atoms with Gasteiger partial charge in [-0.05, 0) is 50.1 Å². The molecule has 4 nitrogen and oxygen atoms in total. The quantitative estimate of drug-likeness (QED) is 0.945. The van der Waals surface area contributed by atoms with Crippen LogP contribution in [0.3, 0.4) is 0 Å². The first kappa shape index (κ1) is 16.4. The van der Waals surface area contributed by atoms with Gasteiger partial charge >= 0.3 is 0 Å². The van der Waals surface area contributed by atoms with Gasteiger partial charge in [0.1, 0.15) is 5.82 Å². The Kier molecular flexibility index (Phi) is 4.47. The lowest BCUT2D eigenvalue weighted by Crippen LogP contribution is -2.34. The van der Waals surface area contributed by atoms with E-state index < -0.39 is 5.60 Å². The number of halogens is 1. The molecule has 2 rings (SSSR count). The van der Waals surface area contributed by atoms with Crippen molar-refractivity contribution in [3.63, 3.8) is 0 Å². The van der Waals surface area contributed by atoms with E-state index in [1.807, 2.05) is 13.8 Å². The minimum Gasteiger partial charge on any atom is -0.386 e. The Balaban J connectivity index is 2.64. The molecule has 0 aliphatic rings. The largest absolute Gasteiger partial charge is 0.386 e. The molecule has 2 aromatic rings. The van der Waals surface area contributed by atoms with Gasteiger partial charge in [-0.2, -0.15) is 5.10 Å². The van der Waals surface area contributed by atoms with Crippen LogP contribution in [0.5, 0.6) is 0 Å². The standard InChI is InChI=1S/C17H21FN2O2/c1-11(2)10-20-16(21)14(17(3,4)22)9-15(19-20)12-5-7-13(18)8-6-12/h5-9,11,22H,10H2,1-4H3. The molecule has 22 heavy (non-hydrogen) atoms. The van der Waals surface area contributed by atoms with Crippen LogP contribution in [0.1, 0.15) is 33.3 Å². The summed E-state index contributed by atoms with van der Waals surface area (Å²) in [5.74, 6) is -0.0923. The molecule has 0 saturated carbocycles. The van der Waals surface area contributed by atoms with E-state index in [0.29, 0.717) is 17.8 Å². The summed E-state index contributed by atoms with van der Waals surface area (Å²) < 4.78 is 14.4. The normalized spacial score (nSPS) is 12.0. The van der Waals surface area contributed by atoms with Crippen molar-refractivity contribution in [1.82, 2.24) is 9.78 Å². The summed E-state index contributed by atoms with van der Waals surface area (Å²) in [6, 6.07) is 7.48. The molecule has 0 unspecified atom stereocenters. The summed E-state index contributed by atoms with van der Waals surface area (Å²) in [6.45, 7) is 7.57. The van der Waals surface area contributed by atoms with Crippen LogP contribution >= 0.6 is 0 Å². The van der Waals surface area contributed by atoms with Crippen LogP contribution in [-0.4, -0.2) is 14.9 Å². The summed E-state index contributed by atoms with van der Waals surface area (Å²) in [7, 11) is 0. The monoisotopic (exact) mass is 304 g/mol. The Labute approximate surface area is 129 Å². The molecule has 1 heterocycles. The van der Waals surface area contributed by atoms with Crippen molar-refractivity contribution in [3.8, 4) is 11.3 Å². The van der Waals surface area contributed by atoms with Crippen LogP contribution in [-0.2, 0) is 12.1 Å². The summed E-state index contributed by atoms with van der Waals surface area (Å²) >= 11 is 0. The average Bonchev–Trinajstić information content (AvgIpc) is 2.40. The molecule has 0 atom stereocenters. The third-order valence-electron chi connectivity index (χ3n) is 3.31. The van der Waals surface area contributed by atoms with E-state index in [1.165, 1.54) is 16.8 Å². The Hall–Kier alpha value is -2.01. The van der Waals surface area contributed by atoms with Crippen LogP contribution in [0.4, 0.5) is 4.39 Å². The lowest BCUT2D eigenvalue weighted by Gasteiger charge is -2.20. The zero-order valence-electron chi connectivity index (χ0n) is 13.3. The lowest BCUT2D eigenvalue weighted by atomic mass is 9.98. The molecule has 0 amide bonds. The highest BCUT2D eigenvalue weighted by molar-refractivity contribution is 5.59. The van der Waals surface area contributed by atoms with Gasteiger partial charge in [-0.25, -0.2) is 9.07 Å². The molecule has 5 heteroatoms. The number of hydrogen-bond donors (Lipinski definition) is 1. The minimum atomic E-state index is -1.27. The van der Waals surface area contributed by atoms with Crippen LogP contribution in [0.15, 0.2) is 35.1 Å². The fourth-order valence-corrected chi connectivity index (χ4v) is 2.21. The van der Waals surface area contributed by atoms with Crippen LogP contribution < -0.4 is 5.56 Å². The maximum absolute atomic E-state index is 13.1. The summed E-state index contributed by atoms with van der Waals surface area (Å²) in [6.07, 6.45) is 0. The zero-order chi connectivity index (χ0) is 16.5. The summed E-state index contributed by atoms with van der Waals surface area (Å²) in [5, 5.41) is 14.6. The van der Waals surface area contributed by atoms with Gasteiger partial charge < -0.3 is 5.11 Å². The summed E-state index contributed by atoms with van der Waals surface area (Å²) in [4.78, 5) is 12.5. The highest BCUT2D eigenvalue weighted by atomic mass is 19.1. The van der Waals surface area contributed by atoms with E-state index in [1.54, 1.807) is 32.0 Å². The fraction of sp³-hybridized carbons (Fsp3) is 0.412. The topological polar surface area (TPSA) is 55.1 Å². The van der Waals surface area contributed by atoms with E-state index >= 15 is 0 Å². The van der Waals surface area contributed by atoms with Crippen LogP contribution in [0.2, 0.25) is 0 Å². The second-order valence-electron chi connectivity index (χ2n) is 6.39. The number of aliphatic hydroxyl groups is 1. The van der Waals surface area contributed by atoms with Gasteiger partial charge in [-0.1, -0.05) is 13.8 Å². The van der Waals surface area contributed by atoms with Gasteiger partial charge in [0.15, 0.2) is 0 Å². The predicted octanol–water partition coefficient (Wildman–Crippen LogP) is 2.93. The third kappa shape index (κ3) is 3.60. The summed E-state index contributed by atoms with van der Waals surface area (Å²) in [5.41, 5.74) is -0.0515. The molecule has 0 aliphatic heterocycles. The van der Waals surface area contributed by atoms with Crippen molar-refractivity contribution >= 4 is 0 Å². The molecular weight excluding hydrogens is 283 g/mol. The van der Waals surface area contributed by atoms with Crippen molar-refractivity contribution < 1.29 is 9.50 Å². The number of aromatic nitrogens is 2. The highest BCUT2D eigenvalue weighted by Gasteiger charge is 2.23. The van der Waals surface area contributed by atoms with Gasteiger partial charge in [0.2, 0.25) is 0 Å². The van der Waals surface area contributed by atoms with Crippen LogP contribution in [0, 0.1) is 11.7 Å². The smallest absolute Gasteiger partial charge is 0.272 e. The van der Waals surface area contributed by atoms with Gasteiger partial charge in [0, 0.05) is 12.1 Å². The maximum Gasteiger partial charge on any atom is 0.272 e. The third-order valence-corrected chi connectivity index (χ3v) is 3.31. The Morgan fingerprint density at radius 1 is 1.27 bits per heavy atom. The first-order chi connectivity index (χ1) is 10.2. The molecule has 118 valence electrons. The van der Waals surface area contributed by atoms with E-state index in [4.69, 9.17) is 0 Å². The predicted molar refractivity (Wildman–Crippen MR) is 84.0 cm³/mol. The van der Waals surface area contributed by atoms with Crippen molar-refractivity contribution in [1.29, 1.82) is 0 Å². The van der Waals surface area contributed by atoms with E-state index in [9.17, 15) is 14.3 Å². The molecule has 0 bridgehead atoms. The Morgan fingerprint density at radius 3 is 2.36 bits per heavy atom. The van der Waals surface area contributed by atoms with Crippen molar-refractivity contribution in [2.45, 2.75) is 39.8 Å². The van der Waals surface area contributed by atoms with E-state index in [-0.39, 0.29) is 22.9 Å². The van der Waals surface area contributed by atoms with Gasteiger partial charge in [-0.3, -0.25) is 4.79 Å². The molecule has 0 fully saturated rings. The molecule has 0 aliphatic carbocycles. The van der Waals surface area contributed by atoms with E-state index in [2.05, 4.69) is 5.10 Å². The van der Waals surface area contributed by atoms with Gasteiger partial charge in [-0.15, -0.1) is 0 Å². The van der Waals surface area contributed by atoms with Crippen LogP contribution in [0.25, 0.3) is 11.3 Å². The SMILES string of the molecule is CC(C)Cn1nc(-c2ccc(F)cc2)cc(C(C)(C)O)c1=O. The molecular formula is C17H21FN2O2. The van der Waals surface area contributed by atoms with Crippen molar-refractivity contribution in [2.75, 3.05) is 0 Å². The minimum absolute atomic E-state index is 0.239. The maximum atomic E-state index is 13.1. The second kappa shape index (κ2) is 6.01. The molecule has 0 saturated heterocycles. The van der Waals surface area contributed by atoms with Crippen molar-refractivity contribution in [3.05, 3.63) is 52.1 Å². The van der Waals surface area contributed by atoms with E-state index in [0.717, 1.165) is 0 Å². The number of benzene rings is 1. The second-order valence-corrected chi connectivity index (χ2v) is 6.39. The molecule has 1 N–H and O–H groups in total. The lowest BCUT2D eigenvalue weighted by molar-refractivity contribution is 0.0760. The van der Waals surface area contributed by atoms with Gasteiger partial charge in [0.05, 0.1) is 16.9 Å². The van der Waals surface area contributed by atoms with Crippen molar-refractivity contribution in [2.24, 2.45) is 5.92 Å². The molecule has 1 aromatic heterocycles. The first-order valence-electron chi connectivity index (χ1n) is 7.29. The fourth-order valence-electron chi connectivity index (χ4n) is 2.21. The Morgan fingerprint density at radius 2 is 1.86 bits per heavy atom. The average molecular weight is 304 g/mol. The zero-order valence-corrected chi connectivity index (χ0v) is 13.3. The molecule has 0 radical (unpaired) electrons. The highest BCUT2D eigenvalue weighted by Crippen LogP contribution is 2.22.